The minimum atomic E-state index is -4.12. The van der Waals surface area contributed by atoms with Crippen LogP contribution in [0.2, 0.25) is 5.02 Å². The molecule has 11 nitrogen and oxygen atoms in total. The highest BCUT2D eigenvalue weighted by atomic mass is 35.5. The summed E-state index contributed by atoms with van der Waals surface area (Å²) in [6.07, 6.45) is 2.75. The second-order valence-electron chi connectivity index (χ2n) is 8.54. The Morgan fingerprint density at radius 2 is 2.00 bits per heavy atom. The number of ether oxygens (including phenoxy) is 3. The number of fused-ring (bicyclic) bond motifs is 1. The summed E-state index contributed by atoms with van der Waals surface area (Å²) >= 11 is 6.11. The van der Waals surface area contributed by atoms with Gasteiger partial charge >= 0.3 is 6.01 Å². The molecule has 5 rings (SSSR count). The molecule has 3 N–H and O–H groups in total. The lowest BCUT2D eigenvalue weighted by molar-refractivity contribution is -0.0249. The highest BCUT2D eigenvalue weighted by Gasteiger charge is 2.36. The Morgan fingerprint density at radius 1 is 1.21 bits per heavy atom. The number of aromatic amines is 1. The van der Waals surface area contributed by atoms with Gasteiger partial charge in [-0.25, -0.2) is 18.4 Å². The third-order valence-corrected chi connectivity index (χ3v) is 8.26. The maximum absolute atomic E-state index is 13.7. The van der Waals surface area contributed by atoms with Crippen LogP contribution in [0, 0.1) is 0 Å². The van der Waals surface area contributed by atoms with Crippen LogP contribution in [0.5, 0.6) is 11.8 Å². The van der Waals surface area contributed by atoms with Crippen molar-refractivity contribution in [3.8, 4) is 22.9 Å². The molecular weight excluding hydrogens is 534 g/mol. The number of carbonyl (C=O) groups is 1. The minimum absolute atomic E-state index is 0.0276. The number of morpholine rings is 1. The Hall–Kier alpha value is -3.71. The molecule has 1 fully saturated rings. The molecule has 2 aromatic heterocycles. The second-order valence-corrected chi connectivity index (χ2v) is 10.8. The molecule has 0 aliphatic carbocycles. The summed E-state index contributed by atoms with van der Waals surface area (Å²) in [5.74, 6) is -0.310. The van der Waals surface area contributed by atoms with Crippen LogP contribution in [0.1, 0.15) is 10.5 Å². The molecule has 198 valence electrons. The van der Waals surface area contributed by atoms with E-state index in [1.54, 1.807) is 30.6 Å². The molecule has 3 heterocycles. The summed E-state index contributed by atoms with van der Waals surface area (Å²) in [6.45, 7) is 0.402. The highest BCUT2D eigenvalue weighted by molar-refractivity contribution is 7.89. The van der Waals surface area contributed by atoms with Crippen molar-refractivity contribution in [2.45, 2.75) is 11.0 Å². The van der Waals surface area contributed by atoms with E-state index in [1.165, 1.54) is 17.5 Å². The molecule has 13 heteroatoms. The summed E-state index contributed by atoms with van der Waals surface area (Å²) in [4.78, 5) is 23.0. The number of hydrogen-bond donors (Lipinski definition) is 2. The number of nitrogens with two attached hydrogens (primary N) is 1. The van der Waals surface area contributed by atoms with Crippen molar-refractivity contribution in [1.29, 1.82) is 0 Å². The zero-order valence-corrected chi connectivity index (χ0v) is 21.8. The zero-order valence-electron chi connectivity index (χ0n) is 20.3. The van der Waals surface area contributed by atoms with Crippen molar-refractivity contribution in [3.63, 3.8) is 0 Å². The van der Waals surface area contributed by atoms with Gasteiger partial charge in [0, 0.05) is 47.0 Å². The van der Waals surface area contributed by atoms with Gasteiger partial charge in [0.1, 0.15) is 29.0 Å². The van der Waals surface area contributed by atoms with Crippen molar-refractivity contribution >= 4 is 38.4 Å². The number of nitrogens with one attached hydrogen (secondary N) is 1. The average molecular weight is 558 g/mol. The Kier molecular flexibility index (Phi) is 7.21. The number of methoxy groups -OCH3 is 1. The van der Waals surface area contributed by atoms with Crippen LogP contribution >= 0.6 is 11.6 Å². The smallest absolute Gasteiger partial charge is 0.316 e. The molecule has 1 saturated heterocycles. The van der Waals surface area contributed by atoms with E-state index >= 15 is 0 Å². The fourth-order valence-electron chi connectivity index (χ4n) is 4.25. The summed E-state index contributed by atoms with van der Waals surface area (Å²) in [7, 11) is -2.62. The first-order valence-electron chi connectivity index (χ1n) is 11.6. The van der Waals surface area contributed by atoms with Gasteiger partial charge in [0.15, 0.2) is 0 Å². The quantitative estimate of drug-likeness (QED) is 0.336. The molecule has 0 bridgehead atoms. The normalized spacial score (nSPS) is 16.4. The predicted octanol–water partition coefficient (Wildman–Crippen LogP) is 2.85. The molecule has 1 aliphatic heterocycles. The number of sulfonamides is 1. The van der Waals surface area contributed by atoms with Gasteiger partial charge in [-0.05, 0) is 35.9 Å². The van der Waals surface area contributed by atoms with Crippen molar-refractivity contribution in [2.24, 2.45) is 5.73 Å². The molecule has 1 amide bonds. The number of carbonyl (C=O) groups excluding carboxylic acids is 1. The maximum atomic E-state index is 13.7. The lowest BCUT2D eigenvalue weighted by Crippen LogP contribution is -2.47. The average Bonchev–Trinajstić information content (AvgIpc) is 3.32. The zero-order chi connectivity index (χ0) is 26.9. The summed E-state index contributed by atoms with van der Waals surface area (Å²) in [5, 5.41) is 0.630. The Morgan fingerprint density at radius 3 is 2.74 bits per heavy atom. The summed E-state index contributed by atoms with van der Waals surface area (Å²) in [6, 6.07) is 12.3. The van der Waals surface area contributed by atoms with E-state index in [2.05, 4.69) is 15.0 Å². The Balaban J connectivity index is 1.33. The fraction of sp³-hybridized carbons (Fsp3) is 0.240. The van der Waals surface area contributed by atoms with E-state index in [1.807, 2.05) is 18.2 Å². The van der Waals surface area contributed by atoms with E-state index < -0.39 is 22.0 Å². The first-order chi connectivity index (χ1) is 18.3. The van der Waals surface area contributed by atoms with Crippen molar-refractivity contribution < 1.29 is 27.4 Å². The van der Waals surface area contributed by atoms with Crippen LogP contribution in [-0.4, -0.2) is 73.1 Å². The van der Waals surface area contributed by atoms with Crippen LogP contribution in [0.25, 0.3) is 22.0 Å². The molecule has 38 heavy (non-hydrogen) atoms. The lowest BCUT2D eigenvalue weighted by atomic mass is 10.1. The number of rotatable bonds is 8. The molecule has 0 spiro atoms. The second kappa shape index (κ2) is 10.6. The standard InChI is InChI=1S/C25H24ClN5O6S/c1-35-25-28-11-16(12-29-25)15-3-2-4-18(9-15)37-14-19-13-31(7-8-36-19)38(33,34)23-20-10-17(26)5-6-21(20)30-22(23)24(27)32/h2-6,9-12,19,30H,7-8,13-14H2,1H3,(H2,27,32)/t19-/m0/s1. The third kappa shape index (κ3) is 5.16. The summed E-state index contributed by atoms with van der Waals surface area (Å²) < 4.78 is 45.4. The predicted molar refractivity (Wildman–Crippen MR) is 140 cm³/mol. The minimum Gasteiger partial charge on any atom is -0.491 e. The molecule has 0 radical (unpaired) electrons. The van der Waals surface area contributed by atoms with Gasteiger partial charge in [-0.1, -0.05) is 23.7 Å². The number of aromatic nitrogens is 3. The van der Waals surface area contributed by atoms with Gasteiger partial charge in [-0.15, -0.1) is 0 Å². The molecule has 4 aromatic rings. The number of halogens is 1. The van der Waals surface area contributed by atoms with E-state index in [0.717, 1.165) is 11.1 Å². The van der Waals surface area contributed by atoms with E-state index in [4.69, 9.17) is 31.5 Å². The maximum Gasteiger partial charge on any atom is 0.316 e. The highest BCUT2D eigenvalue weighted by Crippen LogP contribution is 2.32. The number of hydrogen-bond acceptors (Lipinski definition) is 8. The Bertz CT molecular complexity index is 1590. The van der Waals surface area contributed by atoms with Crippen LogP contribution in [0.4, 0.5) is 0 Å². The van der Waals surface area contributed by atoms with E-state index in [0.29, 0.717) is 21.7 Å². The topological polar surface area (TPSA) is 150 Å². The van der Waals surface area contributed by atoms with Crippen LogP contribution < -0.4 is 15.2 Å². The van der Waals surface area contributed by atoms with Gasteiger partial charge < -0.3 is 24.9 Å². The number of H-pyrrole nitrogens is 1. The largest absolute Gasteiger partial charge is 0.491 e. The van der Waals surface area contributed by atoms with Crippen molar-refractivity contribution in [2.75, 3.05) is 33.4 Å². The monoisotopic (exact) mass is 557 g/mol. The lowest BCUT2D eigenvalue weighted by Gasteiger charge is -2.32. The molecule has 1 atom stereocenters. The van der Waals surface area contributed by atoms with Crippen molar-refractivity contribution in [1.82, 2.24) is 19.3 Å². The van der Waals surface area contributed by atoms with Gasteiger partial charge in [-0.2, -0.15) is 4.31 Å². The summed E-state index contributed by atoms with van der Waals surface area (Å²) in [5.41, 5.74) is 7.38. The van der Waals surface area contributed by atoms with Crippen LogP contribution in [0.3, 0.4) is 0 Å². The first-order valence-corrected chi connectivity index (χ1v) is 13.4. The first kappa shape index (κ1) is 25.9. The van der Waals surface area contributed by atoms with Crippen molar-refractivity contribution in [3.05, 3.63) is 65.6 Å². The fourth-order valence-corrected chi connectivity index (χ4v) is 6.21. The van der Waals surface area contributed by atoms with Gasteiger partial charge in [0.05, 0.1) is 13.7 Å². The molecule has 0 unspecified atom stereocenters. The molecule has 1 aliphatic rings. The molecule has 0 saturated carbocycles. The van der Waals surface area contributed by atoms with Crippen LogP contribution in [0.15, 0.2) is 59.8 Å². The van der Waals surface area contributed by atoms with E-state index in [-0.39, 0.29) is 42.9 Å². The SMILES string of the molecule is COc1ncc(-c2cccc(OC[C@@H]3CN(S(=O)(=O)c4c(C(N)=O)[nH]c5ccc(Cl)cc45)CCO3)c2)cn1. The van der Waals surface area contributed by atoms with Gasteiger partial charge in [-0.3, -0.25) is 4.79 Å². The Labute approximate surface area is 223 Å². The van der Waals surface area contributed by atoms with E-state index in [9.17, 15) is 13.2 Å². The van der Waals surface area contributed by atoms with Gasteiger partial charge in [0.25, 0.3) is 5.91 Å². The molecular formula is C25H24ClN5O6S. The van der Waals surface area contributed by atoms with Crippen LogP contribution in [-0.2, 0) is 14.8 Å². The number of nitrogens with zero attached hydrogens (tertiary/aromatic N) is 3. The number of amides is 1. The number of benzene rings is 2. The molecule has 2 aromatic carbocycles. The number of primary amides is 1. The van der Waals surface area contributed by atoms with Gasteiger partial charge in [0.2, 0.25) is 10.0 Å². The third-order valence-electron chi connectivity index (χ3n) is 6.07.